The summed E-state index contributed by atoms with van der Waals surface area (Å²) in [5.74, 6) is 2.32. The molecule has 0 saturated heterocycles. The first-order valence-corrected chi connectivity index (χ1v) is 8.76. The van der Waals surface area contributed by atoms with Gasteiger partial charge in [-0.25, -0.2) is 4.63 Å². The van der Waals surface area contributed by atoms with Gasteiger partial charge in [0.2, 0.25) is 11.6 Å². The highest BCUT2D eigenvalue weighted by Crippen LogP contribution is 2.46. The van der Waals surface area contributed by atoms with E-state index in [1.165, 1.54) is 0 Å². The van der Waals surface area contributed by atoms with Crippen LogP contribution in [0.15, 0.2) is 34.1 Å². The lowest BCUT2D eigenvalue weighted by Gasteiger charge is -2.34. The topological polar surface area (TPSA) is 98.5 Å². The van der Waals surface area contributed by atoms with Crippen molar-refractivity contribution in [3.8, 4) is 11.5 Å². The summed E-state index contributed by atoms with van der Waals surface area (Å²) in [6, 6.07) is 5.10. The summed E-state index contributed by atoms with van der Waals surface area (Å²) in [5.41, 5.74) is 2.19. The van der Waals surface area contributed by atoms with Crippen LogP contribution in [0.1, 0.15) is 38.3 Å². The van der Waals surface area contributed by atoms with Gasteiger partial charge >= 0.3 is 0 Å². The molecule has 1 aromatic carbocycles. The molecule has 0 amide bonds. The number of fused-ring (bicyclic) bond motifs is 1. The summed E-state index contributed by atoms with van der Waals surface area (Å²) in [6.45, 7) is 4.17. The number of ketones is 1. The van der Waals surface area contributed by atoms with Gasteiger partial charge < -0.3 is 20.1 Å². The molecular weight excluding hydrogens is 348 g/mol. The van der Waals surface area contributed by atoms with Crippen LogP contribution in [-0.4, -0.2) is 30.3 Å². The molecule has 142 valence electrons. The molecule has 2 aliphatic rings. The molecule has 0 saturated carbocycles. The fourth-order valence-electron chi connectivity index (χ4n) is 3.79. The van der Waals surface area contributed by atoms with E-state index >= 15 is 0 Å². The largest absolute Gasteiger partial charge is 0.497 e. The second-order valence-corrected chi connectivity index (χ2v) is 7.60. The number of aromatic nitrogens is 2. The van der Waals surface area contributed by atoms with E-state index in [4.69, 9.17) is 14.1 Å². The highest BCUT2D eigenvalue weighted by atomic mass is 16.6. The van der Waals surface area contributed by atoms with Gasteiger partial charge in [-0.1, -0.05) is 13.8 Å². The number of benzene rings is 1. The minimum Gasteiger partial charge on any atom is -0.497 e. The number of rotatable bonds is 3. The molecule has 0 spiro atoms. The van der Waals surface area contributed by atoms with Crippen LogP contribution in [0.4, 0.5) is 11.6 Å². The standard InChI is InChI=1S/C19H22N4O4/c1-19(2)8-12-15(13(24)9-19)16(21-18-17(20-12)22-27-23-18)11-6-5-10(25-3)7-14(11)26-4/h5-7,16H,8-9H2,1-4H3,(H,20,22)(H,21,23)/t16-/m0/s1. The molecule has 1 atom stereocenters. The Balaban J connectivity index is 1.89. The zero-order valence-electron chi connectivity index (χ0n) is 15.8. The van der Waals surface area contributed by atoms with Gasteiger partial charge in [-0.15, -0.1) is 0 Å². The summed E-state index contributed by atoms with van der Waals surface area (Å²) >= 11 is 0. The van der Waals surface area contributed by atoms with Gasteiger partial charge in [0.1, 0.15) is 11.5 Å². The first-order chi connectivity index (χ1) is 12.9. The van der Waals surface area contributed by atoms with Crippen molar-refractivity contribution in [1.29, 1.82) is 0 Å². The SMILES string of the molecule is COc1ccc([C@@H]2Nc3nonc3NC3=C2C(=O)CC(C)(C)C3)c(OC)c1. The smallest absolute Gasteiger partial charge is 0.219 e. The van der Waals surface area contributed by atoms with Crippen molar-refractivity contribution in [1.82, 2.24) is 10.3 Å². The lowest BCUT2D eigenvalue weighted by atomic mass is 9.73. The van der Waals surface area contributed by atoms with E-state index in [0.717, 1.165) is 17.7 Å². The van der Waals surface area contributed by atoms with E-state index in [-0.39, 0.29) is 11.2 Å². The maximum Gasteiger partial charge on any atom is 0.219 e. The molecule has 1 aromatic heterocycles. The van der Waals surface area contributed by atoms with Crippen molar-refractivity contribution in [2.24, 2.45) is 5.41 Å². The minimum atomic E-state index is -0.440. The second kappa shape index (κ2) is 6.29. The Hall–Kier alpha value is -3.03. The van der Waals surface area contributed by atoms with Crippen LogP contribution in [0.5, 0.6) is 11.5 Å². The van der Waals surface area contributed by atoms with E-state index in [9.17, 15) is 4.79 Å². The Kier molecular flexibility index (Phi) is 4.05. The lowest BCUT2D eigenvalue weighted by molar-refractivity contribution is -0.118. The van der Waals surface area contributed by atoms with Gasteiger partial charge in [0.15, 0.2) is 5.78 Å². The molecule has 1 aliphatic carbocycles. The van der Waals surface area contributed by atoms with Gasteiger partial charge in [-0.2, -0.15) is 0 Å². The van der Waals surface area contributed by atoms with Gasteiger partial charge in [-0.05, 0) is 34.3 Å². The molecule has 0 bridgehead atoms. The summed E-state index contributed by atoms with van der Waals surface area (Å²) in [5, 5.41) is 14.4. The third-order valence-corrected chi connectivity index (χ3v) is 5.00. The van der Waals surface area contributed by atoms with Crippen molar-refractivity contribution in [3.63, 3.8) is 0 Å². The lowest BCUT2D eigenvalue weighted by Crippen LogP contribution is -2.31. The Morgan fingerprint density at radius 3 is 2.67 bits per heavy atom. The predicted molar refractivity (Wildman–Crippen MR) is 98.9 cm³/mol. The molecule has 0 unspecified atom stereocenters. The third kappa shape index (κ3) is 3.01. The van der Waals surface area contributed by atoms with Crippen LogP contribution >= 0.6 is 0 Å². The number of hydrogen-bond donors (Lipinski definition) is 2. The zero-order valence-corrected chi connectivity index (χ0v) is 15.8. The predicted octanol–water partition coefficient (Wildman–Crippen LogP) is 3.31. The first kappa shape index (κ1) is 17.4. The van der Waals surface area contributed by atoms with E-state index < -0.39 is 6.04 Å². The first-order valence-electron chi connectivity index (χ1n) is 8.76. The number of anilines is 2. The molecule has 1 aliphatic heterocycles. The van der Waals surface area contributed by atoms with E-state index in [2.05, 4.69) is 34.8 Å². The number of hydrogen-bond acceptors (Lipinski definition) is 8. The number of ether oxygens (including phenoxy) is 2. The maximum absolute atomic E-state index is 13.1. The van der Waals surface area contributed by atoms with Gasteiger partial charge in [-0.3, -0.25) is 4.79 Å². The number of methoxy groups -OCH3 is 2. The Morgan fingerprint density at radius 2 is 1.93 bits per heavy atom. The molecule has 0 radical (unpaired) electrons. The quantitative estimate of drug-likeness (QED) is 0.849. The summed E-state index contributed by atoms with van der Waals surface area (Å²) < 4.78 is 15.7. The molecule has 8 heteroatoms. The fourth-order valence-corrected chi connectivity index (χ4v) is 3.79. The van der Waals surface area contributed by atoms with Gasteiger partial charge in [0.25, 0.3) is 0 Å². The van der Waals surface area contributed by atoms with Crippen molar-refractivity contribution >= 4 is 17.4 Å². The van der Waals surface area contributed by atoms with Gasteiger partial charge in [0, 0.05) is 29.3 Å². The van der Waals surface area contributed by atoms with E-state index in [1.54, 1.807) is 20.3 Å². The Bertz CT molecular complexity index is 932. The number of carbonyl (C=O) groups excluding carboxylic acids is 1. The fraction of sp³-hybridized carbons (Fsp3) is 0.421. The molecule has 8 nitrogen and oxygen atoms in total. The van der Waals surface area contributed by atoms with Gasteiger partial charge in [0.05, 0.1) is 20.3 Å². The van der Waals surface area contributed by atoms with E-state index in [1.807, 2.05) is 12.1 Å². The Labute approximate surface area is 156 Å². The van der Waals surface area contributed by atoms with E-state index in [0.29, 0.717) is 35.1 Å². The zero-order chi connectivity index (χ0) is 19.2. The minimum absolute atomic E-state index is 0.0891. The maximum atomic E-state index is 13.1. The summed E-state index contributed by atoms with van der Waals surface area (Å²) in [4.78, 5) is 13.1. The average molecular weight is 370 g/mol. The van der Waals surface area contributed by atoms with Crippen molar-refractivity contribution in [2.45, 2.75) is 32.7 Å². The van der Waals surface area contributed by atoms with Crippen molar-refractivity contribution < 1.29 is 18.9 Å². The second-order valence-electron chi connectivity index (χ2n) is 7.60. The van der Waals surface area contributed by atoms with Crippen LogP contribution in [0.25, 0.3) is 0 Å². The molecule has 2 aromatic rings. The molecule has 2 N–H and O–H groups in total. The molecule has 0 fully saturated rings. The number of nitrogens with zero attached hydrogens (tertiary/aromatic N) is 2. The normalized spacial score (nSPS) is 20.7. The molecule has 2 heterocycles. The van der Waals surface area contributed by atoms with Crippen LogP contribution in [0.2, 0.25) is 0 Å². The molecule has 27 heavy (non-hydrogen) atoms. The summed E-state index contributed by atoms with van der Waals surface area (Å²) in [6.07, 6.45) is 1.19. The number of allylic oxidation sites excluding steroid dienone is 1. The van der Waals surface area contributed by atoms with Crippen LogP contribution in [0.3, 0.4) is 0 Å². The summed E-state index contributed by atoms with van der Waals surface area (Å²) in [7, 11) is 3.19. The van der Waals surface area contributed by atoms with Crippen LogP contribution in [0, 0.1) is 5.41 Å². The van der Waals surface area contributed by atoms with Crippen molar-refractivity contribution in [2.75, 3.05) is 24.9 Å². The number of carbonyl (C=O) groups is 1. The molecule has 4 rings (SSSR count). The highest BCUT2D eigenvalue weighted by Gasteiger charge is 2.40. The third-order valence-electron chi connectivity index (χ3n) is 5.00. The Morgan fingerprint density at radius 1 is 1.15 bits per heavy atom. The highest BCUT2D eigenvalue weighted by molar-refractivity contribution is 6.00. The van der Waals surface area contributed by atoms with Crippen LogP contribution < -0.4 is 20.1 Å². The molecular formula is C19H22N4O4. The number of nitrogens with one attached hydrogen (secondary N) is 2. The van der Waals surface area contributed by atoms with Crippen molar-refractivity contribution in [3.05, 3.63) is 35.0 Å². The number of Topliss-reactive ketones (excluding diaryl/α,β-unsaturated/α-hetero) is 1. The van der Waals surface area contributed by atoms with Crippen LogP contribution in [-0.2, 0) is 4.79 Å². The monoisotopic (exact) mass is 370 g/mol. The average Bonchev–Trinajstić information content (AvgIpc) is 2.99.